The lowest BCUT2D eigenvalue weighted by Gasteiger charge is -2.58. The molecule has 1 unspecified atom stereocenters. The van der Waals surface area contributed by atoms with Crippen molar-refractivity contribution in [1.82, 2.24) is 0 Å². The summed E-state index contributed by atoms with van der Waals surface area (Å²) in [6, 6.07) is 10.3. The van der Waals surface area contributed by atoms with E-state index in [1.807, 2.05) is 0 Å². The molecule has 1 saturated heterocycles. The van der Waals surface area contributed by atoms with E-state index >= 15 is 0 Å². The van der Waals surface area contributed by atoms with Crippen LogP contribution in [0.5, 0.6) is 0 Å². The second kappa shape index (κ2) is 7.42. The van der Waals surface area contributed by atoms with Crippen molar-refractivity contribution in [3.05, 3.63) is 65.7 Å². The minimum absolute atomic E-state index is 0. The third kappa shape index (κ3) is 3.58. The van der Waals surface area contributed by atoms with Gasteiger partial charge in [0.15, 0.2) is 0 Å². The molecule has 1 atom stereocenters. The number of nitrogens with zero attached hydrogens (tertiary/aromatic N) is 1. The highest BCUT2D eigenvalue weighted by Gasteiger charge is 2.43. The summed E-state index contributed by atoms with van der Waals surface area (Å²) in [5, 5.41) is -1.79. The van der Waals surface area contributed by atoms with Crippen molar-refractivity contribution >= 4 is 25.7 Å². The van der Waals surface area contributed by atoms with Crippen LogP contribution in [0.15, 0.2) is 48.5 Å². The molecule has 3 rings (SSSR count). The van der Waals surface area contributed by atoms with Crippen molar-refractivity contribution < 1.29 is 23.1 Å². The van der Waals surface area contributed by atoms with Crippen molar-refractivity contribution in [2.24, 2.45) is 0 Å². The summed E-state index contributed by atoms with van der Waals surface area (Å²) in [6.07, 6.45) is 1.38. The molecule has 1 fully saturated rings. The SMILES string of the molecule is Cl.O=P([O-])([O-])C1(c2ccc(F)cc2)CCCCN1c1ccc(F)cc1. The van der Waals surface area contributed by atoms with Gasteiger partial charge in [-0.2, -0.15) is 0 Å². The molecule has 25 heavy (non-hydrogen) atoms. The summed E-state index contributed by atoms with van der Waals surface area (Å²) in [5.41, 5.74) is 0.689. The van der Waals surface area contributed by atoms with Crippen LogP contribution in [0.3, 0.4) is 0 Å². The average molecular weight is 388 g/mol. The predicted molar refractivity (Wildman–Crippen MR) is 90.5 cm³/mol. The smallest absolute Gasteiger partial charge is 0.123 e. The largest absolute Gasteiger partial charge is 0.809 e. The van der Waals surface area contributed by atoms with Gasteiger partial charge in [-0.15, -0.1) is 12.4 Å². The molecule has 0 bridgehead atoms. The quantitative estimate of drug-likeness (QED) is 0.759. The molecular formula is C17H17ClF2NO3P-2. The summed E-state index contributed by atoms with van der Waals surface area (Å²) < 4.78 is 38.8. The van der Waals surface area contributed by atoms with E-state index in [1.165, 1.54) is 41.3 Å². The van der Waals surface area contributed by atoms with Crippen LogP contribution < -0.4 is 14.7 Å². The molecule has 8 heteroatoms. The van der Waals surface area contributed by atoms with E-state index in [2.05, 4.69) is 0 Å². The van der Waals surface area contributed by atoms with Gasteiger partial charge in [-0.1, -0.05) is 12.1 Å². The van der Waals surface area contributed by atoms with Crippen LogP contribution in [0.25, 0.3) is 0 Å². The van der Waals surface area contributed by atoms with Crippen LogP contribution in [0.2, 0.25) is 0 Å². The lowest BCUT2D eigenvalue weighted by molar-refractivity contribution is -0.322. The molecule has 1 aliphatic rings. The van der Waals surface area contributed by atoms with Crippen molar-refractivity contribution in [1.29, 1.82) is 0 Å². The first-order chi connectivity index (χ1) is 11.3. The van der Waals surface area contributed by atoms with Crippen molar-refractivity contribution in [2.45, 2.75) is 24.5 Å². The van der Waals surface area contributed by atoms with Gasteiger partial charge < -0.3 is 19.3 Å². The summed E-state index contributed by atoms with van der Waals surface area (Å²) in [6.45, 7) is 0.345. The van der Waals surface area contributed by atoms with E-state index in [4.69, 9.17) is 0 Å². The number of hydrogen-bond acceptors (Lipinski definition) is 4. The average Bonchev–Trinajstić information content (AvgIpc) is 2.55. The Balaban J connectivity index is 0.00000225. The fourth-order valence-corrected chi connectivity index (χ4v) is 4.79. The Kier molecular flexibility index (Phi) is 5.89. The first kappa shape index (κ1) is 19.9. The fourth-order valence-electron chi connectivity index (χ4n) is 3.38. The molecule has 0 aromatic heterocycles. The molecule has 0 radical (unpaired) electrons. The van der Waals surface area contributed by atoms with Crippen LogP contribution in [0, 0.1) is 11.6 Å². The number of halogens is 3. The monoisotopic (exact) mass is 387 g/mol. The molecule has 1 heterocycles. The molecule has 136 valence electrons. The van der Waals surface area contributed by atoms with Gasteiger partial charge in [-0.05, 0) is 68.8 Å². The van der Waals surface area contributed by atoms with E-state index < -0.39 is 24.5 Å². The maximum atomic E-state index is 13.3. The zero-order chi connectivity index (χ0) is 17.4. The lowest BCUT2D eigenvalue weighted by atomic mass is 9.93. The summed E-state index contributed by atoms with van der Waals surface area (Å²) >= 11 is 0. The van der Waals surface area contributed by atoms with Gasteiger partial charge >= 0.3 is 0 Å². The number of hydrogen-bond donors (Lipinski definition) is 0. The fraction of sp³-hybridized carbons (Fsp3) is 0.294. The maximum Gasteiger partial charge on any atom is 0.123 e. The van der Waals surface area contributed by atoms with E-state index in [0.717, 1.165) is 12.1 Å². The third-order valence-corrected chi connectivity index (χ3v) is 6.13. The highest BCUT2D eigenvalue weighted by Crippen LogP contribution is 2.58. The predicted octanol–water partition coefficient (Wildman–Crippen LogP) is 3.14. The Hall–Kier alpha value is -1.46. The van der Waals surface area contributed by atoms with E-state index in [-0.39, 0.29) is 24.4 Å². The molecular weight excluding hydrogens is 371 g/mol. The van der Waals surface area contributed by atoms with E-state index in [9.17, 15) is 23.1 Å². The van der Waals surface area contributed by atoms with E-state index in [0.29, 0.717) is 25.1 Å². The summed E-state index contributed by atoms with van der Waals surface area (Å²) in [4.78, 5) is 26.1. The van der Waals surface area contributed by atoms with Gasteiger partial charge in [-0.3, -0.25) is 0 Å². The Morgan fingerprint density at radius 1 is 0.920 bits per heavy atom. The first-order valence-corrected chi connectivity index (χ1v) is 9.20. The molecule has 0 amide bonds. The Labute approximate surface area is 151 Å². The van der Waals surface area contributed by atoms with Gasteiger partial charge in [0.1, 0.15) is 11.6 Å². The number of benzene rings is 2. The van der Waals surface area contributed by atoms with Gasteiger partial charge in [-0.25, -0.2) is 8.78 Å². The maximum absolute atomic E-state index is 13.3. The zero-order valence-corrected chi connectivity index (χ0v) is 14.9. The van der Waals surface area contributed by atoms with E-state index in [1.54, 1.807) is 0 Å². The molecule has 0 aliphatic carbocycles. The highest BCUT2D eigenvalue weighted by atomic mass is 35.5. The van der Waals surface area contributed by atoms with Gasteiger partial charge in [0.05, 0.1) is 5.28 Å². The zero-order valence-electron chi connectivity index (χ0n) is 13.2. The Morgan fingerprint density at radius 2 is 1.44 bits per heavy atom. The standard InChI is InChI=1S/C17H18F2NO3P.ClH/c18-14-5-3-13(4-6-14)17(24(21,22)23)11-1-2-12-20(17)16-9-7-15(19)8-10-16;/h3-10H,1-2,11-12H2,(H2,21,22,23);1H/p-2. The van der Waals surface area contributed by atoms with Crippen molar-refractivity contribution in [3.63, 3.8) is 0 Å². The first-order valence-electron chi connectivity index (χ1n) is 7.66. The van der Waals surface area contributed by atoms with Crippen LogP contribution in [-0.4, -0.2) is 6.54 Å². The minimum Gasteiger partial charge on any atom is -0.809 e. The van der Waals surface area contributed by atoms with Gasteiger partial charge in [0, 0.05) is 12.2 Å². The Morgan fingerprint density at radius 3 is 1.96 bits per heavy atom. The second-order valence-electron chi connectivity index (χ2n) is 5.91. The van der Waals surface area contributed by atoms with Crippen molar-refractivity contribution in [2.75, 3.05) is 11.4 Å². The molecule has 0 N–H and O–H groups in total. The second-order valence-corrected chi connectivity index (χ2v) is 7.64. The molecule has 4 nitrogen and oxygen atoms in total. The molecule has 0 saturated carbocycles. The number of piperidine rings is 1. The number of rotatable bonds is 3. The van der Waals surface area contributed by atoms with Gasteiger partial charge in [0.2, 0.25) is 0 Å². The Bertz CT molecular complexity index is 766. The molecule has 0 spiro atoms. The molecule has 1 aliphatic heterocycles. The van der Waals surface area contributed by atoms with Crippen LogP contribution in [0.4, 0.5) is 14.5 Å². The topological polar surface area (TPSA) is 66.4 Å². The highest BCUT2D eigenvalue weighted by molar-refractivity contribution is 7.50. The summed E-state index contributed by atoms with van der Waals surface area (Å²) in [5.74, 6) is -0.958. The van der Waals surface area contributed by atoms with Crippen molar-refractivity contribution in [3.8, 4) is 0 Å². The van der Waals surface area contributed by atoms with Crippen LogP contribution >= 0.6 is 20.0 Å². The van der Waals surface area contributed by atoms with Gasteiger partial charge in [0.25, 0.3) is 0 Å². The van der Waals surface area contributed by atoms with Crippen LogP contribution in [0.1, 0.15) is 24.8 Å². The summed E-state index contributed by atoms with van der Waals surface area (Å²) in [7, 11) is -5.13. The molecule has 2 aromatic rings. The third-order valence-electron chi connectivity index (χ3n) is 4.50. The van der Waals surface area contributed by atoms with Crippen LogP contribution in [-0.2, 0) is 9.85 Å². The molecule has 2 aromatic carbocycles. The normalized spacial score (nSPS) is 20.9. The lowest BCUT2D eigenvalue weighted by Crippen LogP contribution is -2.54. The number of anilines is 1. The minimum atomic E-state index is -5.13.